The molecule has 1 aliphatic heterocycles. The standard InChI is InChI=1S/C11H16N6/c12-5-10(14-9-1-2-9)6-16-3-4-17-8-13-15-11(17)7-16/h8-10,14H,1-4,6-7H2. The minimum absolute atomic E-state index is 0.0584. The summed E-state index contributed by atoms with van der Waals surface area (Å²) in [4.78, 5) is 2.27. The summed E-state index contributed by atoms with van der Waals surface area (Å²) < 4.78 is 2.08. The Labute approximate surface area is 100 Å². The second-order valence-electron chi connectivity index (χ2n) is 4.80. The zero-order chi connectivity index (χ0) is 11.7. The number of nitrogens with zero attached hydrogens (tertiary/aromatic N) is 5. The molecule has 3 rings (SSSR count). The van der Waals surface area contributed by atoms with E-state index in [0.29, 0.717) is 6.04 Å². The lowest BCUT2D eigenvalue weighted by atomic mass is 10.2. The van der Waals surface area contributed by atoms with Gasteiger partial charge in [-0.15, -0.1) is 10.2 Å². The van der Waals surface area contributed by atoms with Gasteiger partial charge in [0.2, 0.25) is 0 Å². The van der Waals surface area contributed by atoms with Crippen LogP contribution in [0.25, 0.3) is 0 Å². The highest BCUT2D eigenvalue weighted by Crippen LogP contribution is 2.19. The van der Waals surface area contributed by atoms with Crippen LogP contribution >= 0.6 is 0 Å². The Bertz CT molecular complexity index is 429. The zero-order valence-corrected chi connectivity index (χ0v) is 9.71. The van der Waals surface area contributed by atoms with Gasteiger partial charge in [-0.05, 0) is 12.8 Å². The van der Waals surface area contributed by atoms with Gasteiger partial charge in [-0.3, -0.25) is 10.2 Å². The third-order valence-electron chi connectivity index (χ3n) is 3.33. The lowest BCUT2D eigenvalue weighted by Crippen LogP contribution is -2.44. The van der Waals surface area contributed by atoms with Gasteiger partial charge < -0.3 is 4.57 Å². The van der Waals surface area contributed by atoms with Gasteiger partial charge in [0.05, 0.1) is 12.6 Å². The summed E-state index contributed by atoms with van der Waals surface area (Å²) in [7, 11) is 0. The zero-order valence-electron chi connectivity index (χ0n) is 9.71. The molecule has 1 fully saturated rings. The third kappa shape index (κ3) is 2.46. The first kappa shape index (κ1) is 10.7. The predicted molar refractivity (Wildman–Crippen MR) is 60.9 cm³/mol. The fraction of sp³-hybridized carbons (Fsp3) is 0.727. The SMILES string of the molecule is N#CC(CN1CCn2cnnc2C1)NC1CC1. The quantitative estimate of drug-likeness (QED) is 0.774. The molecule has 2 aliphatic rings. The van der Waals surface area contributed by atoms with Gasteiger partial charge in [-0.1, -0.05) is 0 Å². The Hall–Kier alpha value is -1.45. The summed E-state index contributed by atoms with van der Waals surface area (Å²) >= 11 is 0. The number of nitriles is 1. The van der Waals surface area contributed by atoms with Crippen molar-refractivity contribution in [2.24, 2.45) is 0 Å². The second kappa shape index (κ2) is 4.43. The summed E-state index contributed by atoms with van der Waals surface area (Å²) in [6.45, 7) is 3.46. The Morgan fingerprint density at radius 3 is 3.18 bits per heavy atom. The molecule has 0 spiro atoms. The molecular weight excluding hydrogens is 216 g/mol. The van der Waals surface area contributed by atoms with Crippen molar-refractivity contribution in [1.29, 1.82) is 5.26 Å². The van der Waals surface area contributed by atoms with E-state index >= 15 is 0 Å². The molecule has 6 heteroatoms. The maximum Gasteiger partial charge on any atom is 0.147 e. The van der Waals surface area contributed by atoms with Crippen LogP contribution in [0.3, 0.4) is 0 Å². The van der Waals surface area contributed by atoms with Gasteiger partial charge in [0.1, 0.15) is 18.2 Å². The number of aromatic nitrogens is 3. The maximum absolute atomic E-state index is 9.12. The third-order valence-corrected chi connectivity index (χ3v) is 3.33. The highest BCUT2D eigenvalue weighted by Gasteiger charge is 2.26. The monoisotopic (exact) mass is 232 g/mol. The van der Waals surface area contributed by atoms with Gasteiger partial charge in [-0.25, -0.2) is 0 Å². The van der Waals surface area contributed by atoms with Crippen LogP contribution in [0.1, 0.15) is 18.7 Å². The van der Waals surface area contributed by atoms with Crippen molar-refractivity contribution >= 4 is 0 Å². The molecule has 1 unspecified atom stereocenters. The summed E-state index contributed by atoms with van der Waals surface area (Å²) in [5.41, 5.74) is 0. The number of rotatable bonds is 4. The summed E-state index contributed by atoms with van der Waals surface area (Å²) in [5.74, 6) is 0.999. The van der Waals surface area contributed by atoms with Crippen LogP contribution in [-0.2, 0) is 13.1 Å². The molecule has 0 radical (unpaired) electrons. The highest BCUT2D eigenvalue weighted by molar-refractivity contribution is 4.99. The first-order valence-electron chi connectivity index (χ1n) is 6.10. The lowest BCUT2D eigenvalue weighted by Gasteiger charge is -2.28. The van der Waals surface area contributed by atoms with Crippen molar-refractivity contribution in [1.82, 2.24) is 25.0 Å². The van der Waals surface area contributed by atoms with Gasteiger partial charge >= 0.3 is 0 Å². The van der Waals surface area contributed by atoms with Crippen LogP contribution in [0.15, 0.2) is 6.33 Å². The predicted octanol–water partition coefficient (Wildman–Crippen LogP) is -0.262. The first-order valence-corrected chi connectivity index (χ1v) is 6.10. The first-order chi connectivity index (χ1) is 8.35. The lowest BCUT2D eigenvalue weighted by molar-refractivity contribution is 0.205. The van der Waals surface area contributed by atoms with Crippen LogP contribution in [-0.4, -0.2) is 44.8 Å². The molecule has 1 aromatic heterocycles. The van der Waals surface area contributed by atoms with Crippen molar-refractivity contribution in [3.63, 3.8) is 0 Å². The molecule has 17 heavy (non-hydrogen) atoms. The molecule has 0 bridgehead atoms. The van der Waals surface area contributed by atoms with E-state index in [9.17, 15) is 0 Å². The molecule has 0 amide bonds. The smallest absolute Gasteiger partial charge is 0.147 e. The highest BCUT2D eigenvalue weighted by atomic mass is 15.3. The minimum atomic E-state index is -0.0584. The minimum Gasteiger partial charge on any atom is -0.315 e. The number of nitrogens with one attached hydrogen (secondary N) is 1. The van der Waals surface area contributed by atoms with Crippen molar-refractivity contribution in [3.8, 4) is 6.07 Å². The fourth-order valence-corrected chi connectivity index (χ4v) is 2.20. The van der Waals surface area contributed by atoms with E-state index in [-0.39, 0.29) is 6.04 Å². The Balaban J connectivity index is 1.57. The molecule has 0 aromatic carbocycles. The topological polar surface area (TPSA) is 69.8 Å². The van der Waals surface area contributed by atoms with E-state index in [4.69, 9.17) is 5.26 Å². The van der Waals surface area contributed by atoms with E-state index in [1.807, 2.05) is 0 Å². The fourth-order valence-electron chi connectivity index (χ4n) is 2.20. The Morgan fingerprint density at radius 2 is 2.41 bits per heavy atom. The Kier molecular flexibility index (Phi) is 2.79. The average molecular weight is 232 g/mol. The molecule has 90 valence electrons. The molecule has 2 heterocycles. The normalized spacial score (nSPS) is 21.8. The molecule has 1 N–H and O–H groups in total. The summed E-state index contributed by atoms with van der Waals surface area (Å²) in [6.07, 6.45) is 4.20. The van der Waals surface area contributed by atoms with Crippen molar-refractivity contribution in [3.05, 3.63) is 12.2 Å². The number of hydrogen-bond acceptors (Lipinski definition) is 5. The molecular formula is C11H16N6. The van der Waals surface area contributed by atoms with E-state index in [0.717, 1.165) is 32.0 Å². The summed E-state index contributed by atoms with van der Waals surface area (Å²) in [6, 6.07) is 2.86. The molecule has 1 aliphatic carbocycles. The van der Waals surface area contributed by atoms with Crippen LogP contribution in [0, 0.1) is 11.3 Å². The van der Waals surface area contributed by atoms with Crippen molar-refractivity contribution in [2.75, 3.05) is 13.1 Å². The Morgan fingerprint density at radius 1 is 1.53 bits per heavy atom. The maximum atomic E-state index is 9.12. The van der Waals surface area contributed by atoms with Gasteiger partial charge in [0, 0.05) is 25.7 Å². The van der Waals surface area contributed by atoms with Crippen molar-refractivity contribution < 1.29 is 0 Å². The largest absolute Gasteiger partial charge is 0.315 e. The summed E-state index contributed by atoms with van der Waals surface area (Å²) in [5, 5.41) is 20.5. The molecule has 1 aromatic rings. The van der Waals surface area contributed by atoms with E-state index < -0.39 is 0 Å². The molecule has 0 saturated heterocycles. The van der Waals surface area contributed by atoms with E-state index in [1.54, 1.807) is 6.33 Å². The van der Waals surface area contributed by atoms with Crippen LogP contribution in [0.5, 0.6) is 0 Å². The number of hydrogen-bond donors (Lipinski definition) is 1. The van der Waals surface area contributed by atoms with E-state index in [1.165, 1.54) is 12.8 Å². The van der Waals surface area contributed by atoms with Gasteiger partial charge in [0.25, 0.3) is 0 Å². The van der Waals surface area contributed by atoms with E-state index in [2.05, 4.69) is 31.1 Å². The number of fused-ring (bicyclic) bond motifs is 1. The molecule has 1 saturated carbocycles. The second-order valence-corrected chi connectivity index (χ2v) is 4.80. The molecule has 6 nitrogen and oxygen atoms in total. The average Bonchev–Trinajstić information content (AvgIpc) is 3.04. The van der Waals surface area contributed by atoms with Gasteiger partial charge in [0.15, 0.2) is 0 Å². The van der Waals surface area contributed by atoms with Crippen LogP contribution in [0.2, 0.25) is 0 Å². The molecule has 1 atom stereocenters. The van der Waals surface area contributed by atoms with Crippen LogP contribution in [0.4, 0.5) is 0 Å². The van der Waals surface area contributed by atoms with Crippen molar-refractivity contribution in [2.45, 2.75) is 38.0 Å². The van der Waals surface area contributed by atoms with Crippen LogP contribution < -0.4 is 5.32 Å². The van der Waals surface area contributed by atoms with Gasteiger partial charge in [-0.2, -0.15) is 5.26 Å².